The fourth-order valence-corrected chi connectivity index (χ4v) is 13.2. The highest BCUT2D eigenvalue weighted by molar-refractivity contribution is 6.04. The number of ketones is 2. The normalized spacial score (nSPS) is 24.6. The van der Waals surface area contributed by atoms with Crippen molar-refractivity contribution in [3.05, 3.63) is 107 Å². The van der Waals surface area contributed by atoms with E-state index in [9.17, 15) is 54.0 Å². The van der Waals surface area contributed by atoms with E-state index in [0.29, 0.717) is 83.3 Å². The van der Waals surface area contributed by atoms with Gasteiger partial charge in [0, 0.05) is 59.8 Å². The topological polar surface area (TPSA) is 300 Å². The molecule has 6 fully saturated rings. The number of aliphatic hydroxyl groups is 1. The smallest absolute Gasteiger partial charge is 0.271 e. The zero-order valence-corrected chi connectivity index (χ0v) is 43.7. The summed E-state index contributed by atoms with van der Waals surface area (Å²) in [5.74, 6) is -3.03. The highest BCUT2D eigenvalue weighted by atomic mass is 16.5. The number of ether oxygens (including phenoxy) is 1. The van der Waals surface area contributed by atoms with Gasteiger partial charge in [0.1, 0.15) is 36.7 Å². The number of benzene rings is 3. The summed E-state index contributed by atoms with van der Waals surface area (Å²) < 4.78 is 5.70. The second-order valence-electron chi connectivity index (χ2n) is 21.9. The molecule has 4 saturated heterocycles. The molecule has 3 aromatic carbocycles. The van der Waals surface area contributed by atoms with Crippen molar-refractivity contribution in [2.75, 3.05) is 39.4 Å². The van der Waals surface area contributed by atoms with Crippen LogP contribution in [0.5, 0.6) is 0 Å². The van der Waals surface area contributed by atoms with Crippen molar-refractivity contribution in [2.24, 2.45) is 35.5 Å². The SMILES string of the molecule is N#Cc1cccc2[nH]c(C(=O)N3C[C@@H]4CCC[C@@H]4[C@H]3C(=O)N[C@@H](C[C@@H]3CCNC3=O)C(=O)CO)cc12.N#Cc1cccc2[nH]c(C(=O)N3C[C@@H]4CCC[C@@H]4[C@H]3C(=O)N[C@@H](C[C@@H]3CCNC3=O)C(=O)COCc3ccccc3)cc12. The number of carbonyl (C=O) groups excluding carboxylic acids is 8. The molecule has 20 nitrogen and oxygen atoms in total. The van der Waals surface area contributed by atoms with E-state index in [1.807, 2.05) is 36.4 Å². The van der Waals surface area contributed by atoms with E-state index < -0.39 is 48.4 Å². The van der Waals surface area contributed by atoms with Crippen molar-refractivity contribution in [3.8, 4) is 12.1 Å². The molecule has 11 rings (SSSR count). The molecule has 0 bridgehead atoms. The third kappa shape index (κ3) is 11.4. The minimum absolute atomic E-state index is 0.0112. The van der Waals surface area contributed by atoms with Gasteiger partial charge in [-0.2, -0.15) is 10.5 Å². The van der Waals surface area contributed by atoms with Crippen molar-refractivity contribution in [1.82, 2.24) is 41.0 Å². The lowest BCUT2D eigenvalue weighted by Gasteiger charge is -2.29. The number of nitriles is 2. The van der Waals surface area contributed by atoms with Crippen molar-refractivity contribution in [1.29, 1.82) is 10.5 Å². The van der Waals surface area contributed by atoms with Crippen molar-refractivity contribution in [3.63, 3.8) is 0 Å². The van der Waals surface area contributed by atoms with Gasteiger partial charge in [-0.05, 0) is 117 Å². The highest BCUT2D eigenvalue weighted by Crippen LogP contribution is 2.44. The first-order chi connectivity index (χ1) is 38.3. The molecule has 2 aliphatic carbocycles. The van der Waals surface area contributed by atoms with Crippen LogP contribution < -0.4 is 21.3 Å². The van der Waals surface area contributed by atoms with Gasteiger partial charge in [0.05, 0.1) is 42.0 Å². The molecule has 6 aliphatic rings. The summed E-state index contributed by atoms with van der Waals surface area (Å²) in [6, 6.07) is 24.2. The van der Waals surface area contributed by atoms with Gasteiger partial charge in [-0.1, -0.05) is 55.3 Å². The standard InChI is InChI=1S/C33H35N5O5.C26H29N5O5/c34-16-22-8-5-11-26-25(22)15-28(36-26)33(42)38-17-23-9-4-10-24(23)30(38)32(41)37-27(14-21-12-13-35-31(21)40)29(39)19-43-18-20-6-2-1-3-7-20;27-11-15-3-2-6-19-18(15)10-21(29-19)26(36)31-12-16-4-1-5-17(16)23(31)25(35)30-20(22(33)13-32)9-14-7-8-28-24(14)34/h1-3,5-8,11,15,21,23-24,27,30,36H,4,9-10,12-14,17-19H2,(H,35,40)(H,37,41);2-3,6,10,14,16-17,20,23,29,32H,1,4-5,7-9,12-13H2,(H,28,34)(H,30,35)/t21-,23-,24-,27-,30-;14-,16-,17-,20-,23-/m00/s1. The quantitative estimate of drug-likeness (QED) is 0.0697. The minimum Gasteiger partial charge on any atom is -0.389 e. The van der Waals surface area contributed by atoms with Gasteiger partial charge in [-0.3, -0.25) is 38.4 Å². The molecular weight excluding hydrogens is 1010 g/mol. The average Bonchev–Trinajstić information content (AvgIpc) is 4.53. The molecule has 0 radical (unpaired) electrons. The number of hydrogen-bond donors (Lipinski definition) is 7. The van der Waals surface area contributed by atoms with Crippen molar-refractivity contribution < 1.29 is 48.2 Å². The van der Waals surface area contributed by atoms with Crippen LogP contribution in [0.4, 0.5) is 0 Å². The Morgan fingerprint density at radius 3 is 1.56 bits per heavy atom. The summed E-state index contributed by atoms with van der Waals surface area (Å²) in [4.78, 5) is 115. The highest BCUT2D eigenvalue weighted by Gasteiger charge is 2.52. The molecule has 0 unspecified atom stereocenters. The van der Waals surface area contributed by atoms with E-state index in [1.165, 1.54) is 0 Å². The number of aromatic amines is 2. The van der Waals surface area contributed by atoms with E-state index in [-0.39, 0.29) is 91.0 Å². The molecule has 7 N–H and O–H groups in total. The third-order valence-corrected chi connectivity index (χ3v) is 17.2. The van der Waals surface area contributed by atoms with E-state index in [1.54, 1.807) is 52.3 Å². The number of likely N-dealkylation sites (tertiary alicyclic amines) is 2. The van der Waals surface area contributed by atoms with Crippen molar-refractivity contribution >= 4 is 68.8 Å². The number of amides is 6. The number of H-pyrrole nitrogens is 2. The molecule has 6 amide bonds. The number of hydrogen-bond acceptors (Lipinski definition) is 12. The Morgan fingerprint density at radius 2 is 1.11 bits per heavy atom. The summed E-state index contributed by atoms with van der Waals surface area (Å²) in [5, 5.41) is 41.0. The predicted octanol–water partition coefficient (Wildman–Crippen LogP) is 3.93. The minimum atomic E-state index is -1.000. The molecule has 2 aromatic heterocycles. The molecular formula is C59H64N10O10. The summed E-state index contributed by atoms with van der Waals surface area (Å²) in [6.07, 6.45) is 6.89. The number of fused-ring (bicyclic) bond motifs is 4. The number of nitrogens with zero attached hydrogens (tertiary/aromatic N) is 4. The maximum absolute atomic E-state index is 14.0. The van der Waals surface area contributed by atoms with Gasteiger partial charge in [-0.25, -0.2) is 0 Å². The Hall–Kier alpha value is -8.20. The summed E-state index contributed by atoms with van der Waals surface area (Å²) in [7, 11) is 0. The molecule has 79 heavy (non-hydrogen) atoms. The van der Waals surface area contributed by atoms with Crippen LogP contribution in [-0.4, -0.2) is 135 Å². The van der Waals surface area contributed by atoms with E-state index >= 15 is 0 Å². The molecule has 10 atom stereocenters. The second-order valence-corrected chi connectivity index (χ2v) is 21.9. The van der Waals surface area contributed by atoms with Gasteiger partial charge in [-0.15, -0.1) is 0 Å². The lowest BCUT2D eigenvalue weighted by atomic mass is 9.92. The Labute approximate surface area is 456 Å². The molecule has 5 aromatic rings. The molecule has 0 spiro atoms. The van der Waals surface area contributed by atoms with Crippen LogP contribution in [0.1, 0.15) is 102 Å². The van der Waals surface area contributed by atoms with Crippen LogP contribution in [0.2, 0.25) is 0 Å². The Morgan fingerprint density at radius 1 is 0.633 bits per heavy atom. The van der Waals surface area contributed by atoms with Gasteiger partial charge >= 0.3 is 0 Å². The second kappa shape index (κ2) is 23.8. The third-order valence-electron chi connectivity index (χ3n) is 17.2. The molecule has 6 heterocycles. The fourth-order valence-electron chi connectivity index (χ4n) is 13.2. The summed E-state index contributed by atoms with van der Waals surface area (Å²) in [5.41, 5.74) is 3.82. The maximum atomic E-state index is 14.0. The van der Waals surface area contributed by atoms with Crippen LogP contribution in [0.3, 0.4) is 0 Å². The fraction of sp³-hybridized carbons (Fsp3) is 0.458. The number of nitrogens with one attached hydrogen (secondary N) is 6. The number of rotatable bonds is 17. The lowest BCUT2D eigenvalue weighted by Crippen LogP contribution is -2.53. The van der Waals surface area contributed by atoms with Crippen LogP contribution in [-0.2, 0) is 40.1 Å². The van der Waals surface area contributed by atoms with Crippen LogP contribution >= 0.6 is 0 Å². The van der Waals surface area contributed by atoms with Crippen LogP contribution in [0.25, 0.3) is 21.8 Å². The van der Waals surface area contributed by atoms with E-state index in [2.05, 4.69) is 43.4 Å². The molecule has 20 heteroatoms. The first-order valence-corrected chi connectivity index (χ1v) is 27.4. The van der Waals surface area contributed by atoms with Gasteiger partial charge in [0.2, 0.25) is 23.6 Å². The zero-order chi connectivity index (χ0) is 55.3. The van der Waals surface area contributed by atoms with Crippen LogP contribution in [0, 0.1) is 58.2 Å². The molecule has 410 valence electrons. The summed E-state index contributed by atoms with van der Waals surface area (Å²) in [6.45, 7) is 1.25. The van der Waals surface area contributed by atoms with Gasteiger partial charge in [0.25, 0.3) is 11.8 Å². The lowest BCUT2D eigenvalue weighted by molar-refractivity contribution is -0.134. The monoisotopic (exact) mass is 1070 g/mol. The summed E-state index contributed by atoms with van der Waals surface area (Å²) >= 11 is 0. The van der Waals surface area contributed by atoms with Gasteiger partial charge < -0.3 is 50.9 Å². The van der Waals surface area contributed by atoms with Gasteiger partial charge in [0.15, 0.2) is 11.6 Å². The Kier molecular flexibility index (Phi) is 16.3. The molecule has 2 saturated carbocycles. The first-order valence-electron chi connectivity index (χ1n) is 27.4. The zero-order valence-electron chi connectivity index (χ0n) is 43.7. The van der Waals surface area contributed by atoms with E-state index in [4.69, 9.17) is 4.74 Å². The van der Waals surface area contributed by atoms with E-state index in [0.717, 1.165) is 44.1 Å². The predicted molar refractivity (Wildman–Crippen MR) is 286 cm³/mol. The number of carbonyl (C=O) groups is 8. The Balaban J connectivity index is 0.000000181. The largest absolute Gasteiger partial charge is 0.389 e. The number of aromatic nitrogens is 2. The maximum Gasteiger partial charge on any atom is 0.271 e. The average molecular weight is 1070 g/mol. The first kappa shape index (κ1) is 54.2. The number of aliphatic hydroxyl groups excluding tert-OH is 1. The van der Waals surface area contributed by atoms with Crippen molar-refractivity contribution in [2.45, 2.75) is 95.0 Å². The van der Waals surface area contributed by atoms with Crippen LogP contribution in [0.15, 0.2) is 78.9 Å². The Bertz CT molecular complexity index is 3270. The number of Topliss-reactive ketones (excluding diaryl/α,β-unsaturated/α-hetero) is 2. The molecule has 4 aliphatic heterocycles.